The lowest BCUT2D eigenvalue weighted by atomic mass is 10.1. The van der Waals surface area contributed by atoms with Gasteiger partial charge in [-0.05, 0) is 43.0 Å². The molecule has 1 aliphatic rings. The quantitative estimate of drug-likeness (QED) is 0.644. The summed E-state index contributed by atoms with van der Waals surface area (Å²) >= 11 is 0. The number of anilines is 2. The molecule has 7 nitrogen and oxygen atoms in total. The first-order valence-electron chi connectivity index (χ1n) is 10.1. The minimum atomic E-state index is 0.0285. The van der Waals surface area contributed by atoms with Gasteiger partial charge in [0.1, 0.15) is 11.6 Å². The van der Waals surface area contributed by atoms with E-state index in [1.807, 2.05) is 41.3 Å². The van der Waals surface area contributed by atoms with E-state index in [4.69, 9.17) is 4.74 Å². The fourth-order valence-electron chi connectivity index (χ4n) is 3.86. The Kier molecular flexibility index (Phi) is 6.17. The van der Waals surface area contributed by atoms with Crippen LogP contribution in [0.25, 0.3) is 0 Å². The molecule has 4 rings (SSSR count). The Balaban J connectivity index is 1.39. The molecular formula is C23H25N5O2. The molecule has 30 heavy (non-hydrogen) atoms. The highest BCUT2D eigenvalue weighted by Gasteiger charge is 2.30. The van der Waals surface area contributed by atoms with E-state index in [2.05, 4.69) is 20.3 Å². The highest BCUT2D eigenvalue weighted by Crippen LogP contribution is 2.32. The number of nitrogens with zero attached hydrogens (tertiary/aromatic N) is 4. The van der Waals surface area contributed by atoms with E-state index < -0.39 is 0 Å². The molecule has 0 bridgehead atoms. The molecule has 0 radical (unpaired) electrons. The van der Waals surface area contributed by atoms with E-state index in [9.17, 15) is 4.79 Å². The lowest BCUT2D eigenvalue weighted by Crippen LogP contribution is -2.31. The van der Waals surface area contributed by atoms with Crippen molar-refractivity contribution < 1.29 is 9.53 Å². The molecule has 3 heterocycles. The Morgan fingerprint density at radius 3 is 2.83 bits per heavy atom. The number of methoxy groups -OCH3 is 1. The number of amides is 1. The van der Waals surface area contributed by atoms with E-state index in [0.717, 1.165) is 42.1 Å². The van der Waals surface area contributed by atoms with Gasteiger partial charge in [-0.1, -0.05) is 18.2 Å². The molecule has 2 aromatic heterocycles. The summed E-state index contributed by atoms with van der Waals surface area (Å²) < 4.78 is 5.40. The van der Waals surface area contributed by atoms with Crippen LogP contribution in [0.5, 0.6) is 5.75 Å². The van der Waals surface area contributed by atoms with Crippen molar-refractivity contribution in [2.24, 2.45) is 0 Å². The van der Waals surface area contributed by atoms with Crippen molar-refractivity contribution in [1.29, 1.82) is 0 Å². The summed E-state index contributed by atoms with van der Waals surface area (Å²) in [6, 6.07) is 11.8. The van der Waals surface area contributed by atoms with Crippen LogP contribution < -0.4 is 10.1 Å². The second-order valence-electron chi connectivity index (χ2n) is 7.24. The predicted molar refractivity (Wildman–Crippen MR) is 115 cm³/mol. The standard InChI is InChI=1S/C23H25N5O2/c1-30-21-7-3-2-5-17(21)8-11-23(29)28-14-4-6-20(28)19-10-9-18(15-26-19)27-22-16-24-12-13-25-22/h2-3,5,7,9-10,12-13,15-16,20H,4,6,8,11,14H2,1H3,(H,25,27)/t20-/m0/s1. The third-order valence-corrected chi connectivity index (χ3v) is 5.34. The number of aromatic nitrogens is 3. The van der Waals surface area contributed by atoms with Crippen LogP contribution in [-0.4, -0.2) is 39.4 Å². The number of aryl methyl sites for hydroxylation is 1. The van der Waals surface area contributed by atoms with Gasteiger partial charge in [-0.15, -0.1) is 0 Å². The molecular weight excluding hydrogens is 378 g/mol. The summed E-state index contributed by atoms with van der Waals surface area (Å²) in [6.45, 7) is 0.775. The third kappa shape index (κ3) is 4.56. The van der Waals surface area contributed by atoms with Crippen molar-refractivity contribution in [2.45, 2.75) is 31.7 Å². The predicted octanol–water partition coefficient (Wildman–Crippen LogP) is 3.92. The normalized spacial score (nSPS) is 15.8. The van der Waals surface area contributed by atoms with Crippen LogP contribution in [0, 0.1) is 0 Å². The summed E-state index contributed by atoms with van der Waals surface area (Å²) in [5, 5.41) is 3.18. The van der Waals surface area contributed by atoms with Gasteiger partial charge in [0.15, 0.2) is 0 Å². The second kappa shape index (κ2) is 9.35. The van der Waals surface area contributed by atoms with Crippen LogP contribution in [0.1, 0.15) is 36.6 Å². The maximum Gasteiger partial charge on any atom is 0.223 e. The zero-order valence-electron chi connectivity index (χ0n) is 17.0. The molecule has 3 aromatic rings. The Morgan fingerprint density at radius 1 is 1.17 bits per heavy atom. The summed E-state index contributed by atoms with van der Waals surface area (Å²) in [5.74, 6) is 1.66. The lowest BCUT2D eigenvalue weighted by Gasteiger charge is -2.24. The summed E-state index contributed by atoms with van der Waals surface area (Å²) in [7, 11) is 1.66. The first-order chi connectivity index (χ1) is 14.7. The Labute approximate surface area is 176 Å². The van der Waals surface area contributed by atoms with Crippen molar-refractivity contribution in [3.63, 3.8) is 0 Å². The highest BCUT2D eigenvalue weighted by atomic mass is 16.5. The third-order valence-electron chi connectivity index (χ3n) is 5.34. The number of likely N-dealkylation sites (tertiary alicyclic amines) is 1. The molecule has 0 unspecified atom stereocenters. The average molecular weight is 403 g/mol. The topological polar surface area (TPSA) is 80.2 Å². The van der Waals surface area contributed by atoms with Gasteiger partial charge in [0.2, 0.25) is 5.91 Å². The SMILES string of the molecule is COc1ccccc1CCC(=O)N1CCC[C@H]1c1ccc(Nc2cnccn2)cn1. The molecule has 154 valence electrons. The minimum Gasteiger partial charge on any atom is -0.496 e. The number of ether oxygens (including phenoxy) is 1. The number of hydrogen-bond donors (Lipinski definition) is 1. The molecule has 0 saturated carbocycles. The maximum absolute atomic E-state index is 12.9. The summed E-state index contributed by atoms with van der Waals surface area (Å²) in [4.78, 5) is 27.8. The van der Waals surface area contributed by atoms with Crippen molar-refractivity contribution in [3.05, 3.63) is 72.4 Å². The zero-order valence-corrected chi connectivity index (χ0v) is 17.0. The Hall–Kier alpha value is -3.48. The minimum absolute atomic E-state index is 0.0285. The van der Waals surface area contributed by atoms with E-state index in [1.165, 1.54) is 0 Å². The number of benzene rings is 1. The van der Waals surface area contributed by atoms with E-state index >= 15 is 0 Å². The molecule has 1 aliphatic heterocycles. The number of pyridine rings is 1. The van der Waals surface area contributed by atoms with Gasteiger partial charge in [0.25, 0.3) is 0 Å². The van der Waals surface area contributed by atoms with Crippen LogP contribution in [-0.2, 0) is 11.2 Å². The number of para-hydroxylation sites is 1. The van der Waals surface area contributed by atoms with Gasteiger partial charge in [0, 0.05) is 25.4 Å². The monoisotopic (exact) mass is 403 g/mol. The smallest absolute Gasteiger partial charge is 0.223 e. The molecule has 0 spiro atoms. The zero-order chi connectivity index (χ0) is 20.8. The van der Waals surface area contributed by atoms with Crippen molar-refractivity contribution >= 4 is 17.4 Å². The molecule has 1 saturated heterocycles. The fraction of sp³-hybridized carbons (Fsp3) is 0.304. The van der Waals surface area contributed by atoms with Crippen LogP contribution in [0.2, 0.25) is 0 Å². The number of hydrogen-bond acceptors (Lipinski definition) is 6. The molecule has 1 atom stereocenters. The molecule has 1 aromatic carbocycles. The van der Waals surface area contributed by atoms with Gasteiger partial charge < -0.3 is 15.0 Å². The number of carbonyl (C=O) groups excluding carboxylic acids is 1. The number of carbonyl (C=O) groups is 1. The maximum atomic E-state index is 12.9. The molecule has 1 fully saturated rings. The summed E-state index contributed by atoms with van der Waals surface area (Å²) in [5.41, 5.74) is 2.82. The Morgan fingerprint density at radius 2 is 2.07 bits per heavy atom. The van der Waals surface area contributed by atoms with E-state index in [0.29, 0.717) is 18.7 Å². The fourth-order valence-corrected chi connectivity index (χ4v) is 3.86. The van der Waals surface area contributed by atoms with Crippen LogP contribution in [0.3, 0.4) is 0 Å². The largest absolute Gasteiger partial charge is 0.496 e. The molecule has 7 heteroatoms. The van der Waals surface area contributed by atoms with Crippen molar-refractivity contribution in [3.8, 4) is 5.75 Å². The van der Waals surface area contributed by atoms with E-state index in [-0.39, 0.29) is 11.9 Å². The van der Waals surface area contributed by atoms with Crippen molar-refractivity contribution in [1.82, 2.24) is 19.9 Å². The number of nitrogens with one attached hydrogen (secondary N) is 1. The molecule has 0 aliphatic carbocycles. The van der Waals surface area contributed by atoms with Crippen LogP contribution in [0.4, 0.5) is 11.5 Å². The summed E-state index contributed by atoms with van der Waals surface area (Å²) in [6.07, 6.45) is 9.76. The second-order valence-corrected chi connectivity index (χ2v) is 7.24. The van der Waals surface area contributed by atoms with Gasteiger partial charge >= 0.3 is 0 Å². The lowest BCUT2D eigenvalue weighted by molar-refractivity contribution is -0.132. The average Bonchev–Trinajstić information content (AvgIpc) is 3.29. The first kappa shape index (κ1) is 19.8. The van der Waals surface area contributed by atoms with Crippen LogP contribution in [0.15, 0.2) is 61.2 Å². The Bertz CT molecular complexity index is 978. The molecule has 1 amide bonds. The van der Waals surface area contributed by atoms with Gasteiger partial charge in [-0.3, -0.25) is 14.8 Å². The van der Waals surface area contributed by atoms with Gasteiger partial charge in [-0.2, -0.15) is 0 Å². The van der Waals surface area contributed by atoms with E-state index in [1.54, 1.807) is 31.9 Å². The van der Waals surface area contributed by atoms with Crippen LogP contribution >= 0.6 is 0 Å². The molecule has 1 N–H and O–H groups in total. The number of rotatable bonds is 7. The highest BCUT2D eigenvalue weighted by molar-refractivity contribution is 5.77. The van der Waals surface area contributed by atoms with Crippen molar-refractivity contribution in [2.75, 3.05) is 19.0 Å². The van der Waals surface area contributed by atoms with Gasteiger partial charge in [-0.25, -0.2) is 4.98 Å². The van der Waals surface area contributed by atoms with Gasteiger partial charge in [0.05, 0.1) is 36.9 Å². The first-order valence-corrected chi connectivity index (χ1v) is 10.1.